The maximum Gasteiger partial charge on any atom is 0.287 e. The van der Waals surface area contributed by atoms with Crippen molar-refractivity contribution >= 4 is 23.2 Å². The van der Waals surface area contributed by atoms with E-state index >= 15 is 0 Å². The standard InChI is InChI=1S/C14H19ClN2O3/c1-4-10(5-2)9(3)16-14(18)11-6-7-13(17(19)20)12(15)8-11/h6-10H,4-5H2,1-3H3,(H,16,18). The number of carbonyl (C=O) groups is 1. The molecule has 1 aromatic rings. The summed E-state index contributed by atoms with van der Waals surface area (Å²) in [5, 5.41) is 13.5. The summed E-state index contributed by atoms with van der Waals surface area (Å²) in [6.45, 7) is 6.13. The first-order chi connectivity index (χ1) is 9.40. The van der Waals surface area contributed by atoms with Crippen molar-refractivity contribution in [1.82, 2.24) is 5.32 Å². The molecule has 0 spiro atoms. The summed E-state index contributed by atoms with van der Waals surface area (Å²) in [7, 11) is 0. The molecule has 0 fully saturated rings. The normalized spacial score (nSPS) is 12.2. The van der Waals surface area contributed by atoms with E-state index in [-0.39, 0.29) is 22.7 Å². The Morgan fingerprint density at radius 3 is 2.45 bits per heavy atom. The molecule has 1 rings (SSSR count). The number of rotatable bonds is 6. The third-order valence-corrected chi connectivity index (χ3v) is 3.82. The second-order valence-electron chi connectivity index (χ2n) is 4.76. The topological polar surface area (TPSA) is 72.2 Å². The smallest absolute Gasteiger partial charge is 0.287 e. The van der Waals surface area contributed by atoms with Gasteiger partial charge in [-0.1, -0.05) is 38.3 Å². The number of nitro groups is 1. The molecule has 0 aromatic heterocycles. The van der Waals surface area contributed by atoms with Crippen LogP contribution in [0.15, 0.2) is 18.2 Å². The molecule has 110 valence electrons. The number of nitro benzene ring substituents is 1. The molecule has 0 aliphatic rings. The lowest BCUT2D eigenvalue weighted by Crippen LogP contribution is -2.37. The van der Waals surface area contributed by atoms with E-state index in [1.54, 1.807) is 0 Å². The lowest BCUT2D eigenvalue weighted by atomic mass is 9.95. The Kier molecular flexibility index (Phi) is 5.95. The van der Waals surface area contributed by atoms with Crippen molar-refractivity contribution in [1.29, 1.82) is 0 Å². The van der Waals surface area contributed by atoms with Crippen LogP contribution in [-0.4, -0.2) is 16.9 Å². The lowest BCUT2D eigenvalue weighted by Gasteiger charge is -2.22. The number of hydrogen-bond acceptors (Lipinski definition) is 3. The van der Waals surface area contributed by atoms with Crippen LogP contribution < -0.4 is 5.32 Å². The third kappa shape index (κ3) is 3.93. The molecule has 0 aliphatic heterocycles. The van der Waals surface area contributed by atoms with Crippen LogP contribution in [0.25, 0.3) is 0 Å². The average Bonchev–Trinajstić information content (AvgIpc) is 2.39. The summed E-state index contributed by atoms with van der Waals surface area (Å²) in [6.07, 6.45) is 1.97. The molecule has 1 atom stereocenters. The van der Waals surface area contributed by atoms with Gasteiger partial charge in [0.05, 0.1) is 4.92 Å². The predicted molar refractivity (Wildman–Crippen MR) is 79.1 cm³/mol. The Labute approximate surface area is 123 Å². The first-order valence-electron chi connectivity index (χ1n) is 6.65. The third-order valence-electron chi connectivity index (χ3n) is 3.52. The highest BCUT2D eigenvalue weighted by atomic mass is 35.5. The van der Waals surface area contributed by atoms with E-state index in [0.29, 0.717) is 11.5 Å². The number of benzene rings is 1. The predicted octanol–water partition coefficient (Wildman–Crippen LogP) is 3.80. The van der Waals surface area contributed by atoms with Crippen molar-refractivity contribution in [3.63, 3.8) is 0 Å². The van der Waals surface area contributed by atoms with Crippen molar-refractivity contribution in [2.75, 3.05) is 0 Å². The number of amides is 1. The fourth-order valence-corrected chi connectivity index (χ4v) is 2.45. The number of carbonyl (C=O) groups excluding carboxylic acids is 1. The zero-order valence-electron chi connectivity index (χ0n) is 11.9. The molecule has 0 heterocycles. The zero-order valence-corrected chi connectivity index (χ0v) is 12.6. The Hall–Kier alpha value is -1.62. The van der Waals surface area contributed by atoms with Gasteiger partial charge in [0.15, 0.2) is 0 Å². The molecule has 0 aliphatic carbocycles. The van der Waals surface area contributed by atoms with E-state index in [9.17, 15) is 14.9 Å². The second-order valence-corrected chi connectivity index (χ2v) is 5.17. The largest absolute Gasteiger partial charge is 0.349 e. The van der Waals surface area contributed by atoms with Crippen molar-refractivity contribution < 1.29 is 9.72 Å². The van der Waals surface area contributed by atoms with Crippen LogP contribution in [0.1, 0.15) is 44.0 Å². The summed E-state index contributed by atoms with van der Waals surface area (Å²) in [6, 6.07) is 4.04. The molecule has 0 radical (unpaired) electrons. The van der Waals surface area contributed by atoms with E-state index in [1.807, 2.05) is 6.92 Å². The van der Waals surface area contributed by atoms with Gasteiger partial charge >= 0.3 is 0 Å². The van der Waals surface area contributed by atoms with Gasteiger partial charge in [-0.05, 0) is 25.0 Å². The van der Waals surface area contributed by atoms with Gasteiger partial charge in [0, 0.05) is 17.7 Å². The summed E-state index contributed by atoms with van der Waals surface area (Å²) in [5.41, 5.74) is 0.134. The molecule has 20 heavy (non-hydrogen) atoms. The summed E-state index contributed by atoms with van der Waals surface area (Å²) >= 11 is 5.80. The summed E-state index contributed by atoms with van der Waals surface area (Å²) < 4.78 is 0. The molecule has 1 aromatic carbocycles. The molecule has 6 heteroatoms. The molecule has 1 N–H and O–H groups in total. The highest BCUT2D eigenvalue weighted by Crippen LogP contribution is 2.25. The van der Waals surface area contributed by atoms with Crippen LogP contribution in [0.4, 0.5) is 5.69 Å². The van der Waals surface area contributed by atoms with Gasteiger partial charge in [0.2, 0.25) is 0 Å². The quantitative estimate of drug-likeness (QED) is 0.641. The summed E-state index contributed by atoms with van der Waals surface area (Å²) in [4.78, 5) is 22.2. The van der Waals surface area contributed by atoms with E-state index in [0.717, 1.165) is 12.8 Å². The molecule has 0 saturated carbocycles. The molecule has 1 unspecified atom stereocenters. The fraction of sp³-hybridized carbons (Fsp3) is 0.500. The minimum atomic E-state index is -0.573. The number of nitrogens with zero attached hydrogens (tertiary/aromatic N) is 1. The maximum atomic E-state index is 12.1. The highest BCUT2D eigenvalue weighted by Gasteiger charge is 2.19. The van der Waals surface area contributed by atoms with Crippen LogP contribution in [0.2, 0.25) is 5.02 Å². The van der Waals surface area contributed by atoms with E-state index < -0.39 is 4.92 Å². The van der Waals surface area contributed by atoms with Gasteiger partial charge in [0.1, 0.15) is 5.02 Å². The molecule has 1 amide bonds. The van der Waals surface area contributed by atoms with Gasteiger partial charge in [-0.25, -0.2) is 0 Å². The maximum absolute atomic E-state index is 12.1. The van der Waals surface area contributed by atoms with Crippen LogP contribution in [-0.2, 0) is 0 Å². The van der Waals surface area contributed by atoms with Crippen LogP contribution >= 0.6 is 11.6 Å². The zero-order chi connectivity index (χ0) is 15.3. The van der Waals surface area contributed by atoms with Crippen molar-refractivity contribution in [3.05, 3.63) is 38.9 Å². The Balaban J connectivity index is 2.83. The number of halogens is 1. The van der Waals surface area contributed by atoms with E-state index in [1.165, 1.54) is 18.2 Å². The van der Waals surface area contributed by atoms with Crippen LogP contribution in [0.3, 0.4) is 0 Å². The Morgan fingerprint density at radius 1 is 1.40 bits per heavy atom. The molecule has 0 bridgehead atoms. The SMILES string of the molecule is CCC(CC)C(C)NC(=O)c1ccc([N+](=O)[O-])c(Cl)c1. The first kappa shape index (κ1) is 16.4. The summed E-state index contributed by atoms with van der Waals surface area (Å²) in [5.74, 6) is 0.147. The molecule has 0 saturated heterocycles. The van der Waals surface area contributed by atoms with Crippen LogP contribution in [0.5, 0.6) is 0 Å². The fourth-order valence-electron chi connectivity index (χ4n) is 2.20. The minimum Gasteiger partial charge on any atom is -0.349 e. The molecule has 5 nitrogen and oxygen atoms in total. The van der Waals surface area contributed by atoms with Gasteiger partial charge in [-0.2, -0.15) is 0 Å². The molecular weight excluding hydrogens is 280 g/mol. The Morgan fingerprint density at radius 2 is 2.00 bits per heavy atom. The highest BCUT2D eigenvalue weighted by molar-refractivity contribution is 6.33. The van der Waals surface area contributed by atoms with Crippen LogP contribution in [0, 0.1) is 16.0 Å². The number of hydrogen-bond donors (Lipinski definition) is 1. The van der Waals surface area contributed by atoms with Crippen molar-refractivity contribution in [2.45, 2.75) is 39.7 Å². The van der Waals surface area contributed by atoms with Gasteiger partial charge in [-0.3, -0.25) is 14.9 Å². The van der Waals surface area contributed by atoms with E-state index in [4.69, 9.17) is 11.6 Å². The number of nitrogens with one attached hydrogen (secondary N) is 1. The van der Waals surface area contributed by atoms with Gasteiger partial charge < -0.3 is 5.32 Å². The van der Waals surface area contributed by atoms with Gasteiger partial charge in [0.25, 0.3) is 11.6 Å². The van der Waals surface area contributed by atoms with Crippen molar-refractivity contribution in [3.8, 4) is 0 Å². The van der Waals surface area contributed by atoms with Crippen molar-refractivity contribution in [2.24, 2.45) is 5.92 Å². The Bertz CT molecular complexity index is 501. The lowest BCUT2D eigenvalue weighted by molar-refractivity contribution is -0.384. The van der Waals surface area contributed by atoms with Gasteiger partial charge in [-0.15, -0.1) is 0 Å². The van der Waals surface area contributed by atoms with E-state index in [2.05, 4.69) is 19.2 Å². The monoisotopic (exact) mass is 298 g/mol. The first-order valence-corrected chi connectivity index (χ1v) is 7.03. The molecular formula is C14H19ClN2O3. The second kappa shape index (κ2) is 7.24. The minimum absolute atomic E-state index is 0.0298. The average molecular weight is 299 g/mol.